The number of rotatable bonds is 10. The molecule has 1 aliphatic heterocycles. The zero-order valence-corrected chi connectivity index (χ0v) is 17.8. The molecule has 3 rings (SSSR count). The summed E-state index contributed by atoms with van der Waals surface area (Å²) in [4.78, 5) is 24.0. The van der Waals surface area contributed by atoms with Gasteiger partial charge in [0.1, 0.15) is 11.5 Å². The highest BCUT2D eigenvalue weighted by Gasteiger charge is 2.38. The molecule has 0 radical (unpaired) electrons. The highest BCUT2D eigenvalue weighted by atomic mass is 16.5. The summed E-state index contributed by atoms with van der Waals surface area (Å²) in [6.45, 7) is 0.860. The number of carboxylic acids is 1. The summed E-state index contributed by atoms with van der Waals surface area (Å²) >= 11 is 0. The standard InChI is InChI=1S/C22H32BN3O5/c24-20(25)5-2-10-26-17-8-6-14(7-9-17)11-18(27)13-16-12-15-3-1-4-19(22(28)29)21(15)31-23(16)30/h1,3-4,14,16-17,26,30H,2,5-13H2,(H3,24,25)(H,28,29)/t14?,16-,17?/m1/s1. The molecule has 1 aliphatic carbocycles. The van der Waals surface area contributed by atoms with Gasteiger partial charge in [0.05, 0.1) is 11.4 Å². The largest absolute Gasteiger partial charge is 0.535 e. The Morgan fingerprint density at radius 1 is 1.23 bits per heavy atom. The number of hydrogen-bond donors (Lipinski definition) is 5. The molecule has 0 spiro atoms. The maximum absolute atomic E-state index is 12.7. The first-order chi connectivity index (χ1) is 14.8. The normalized spacial score (nSPS) is 23.0. The van der Waals surface area contributed by atoms with E-state index in [1.165, 1.54) is 6.07 Å². The topological polar surface area (TPSA) is 146 Å². The second kappa shape index (κ2) is 10.8. The van der Waals surface area contributed by atoms with E-state index < -0.39 is 13.1 Å². The van der Waals surface area contributed by atoms with E-state index in [0.29, 0.717) is 31.2 Å². The third-order valence-corrected chi connectivity index (χ3v) is 6.36. The van der Waals surface area contributed by atoms with E-state index in [1.807, 2.05) is 0 Å². The number of hydrogen-bond acceptors (Lipinski definition) is 6. The first-order valence-electron chi connectivity index (χ1n) is 11.1. The van der Waals surface area contributed by atoms with Crippen LogP contribution >= 0.6 is 0 Å². The summed E-state index contributed by atoms with van der Waals surface area (Å²) in [6.07, 6.45) is 6.77. The Morgan fingerprint density at radius 3 is 2.65 bits per heavy atom. The lowest BCUT2D eigenvalue weighted by molar-refractivity contribution is -0.120. The van der Waals surface area contributed by atoms with Crippen molar-refractivity contribution in [2.24, 2.45) is 11.7 Å². The maximum atomic E-state index is 12.7. The Hall–Kier alpha value is -2.39. The van der Waals surface area contributed by atoms with E-state index in [9.17, 15) is 19.7 Å². The van der Waals surface area contributed by atoms with Crippen molar-refractivity contribution in [3.8, 4) is 5.75 Å². The monoisotopic (exact) mass is 429 g/mol. The molecule has 8 nitrogen and oxygen atoms in total. The van der Waals surface area contributed by atoms with Crippen LogP contribution in [0.2, 0.25) is 5.82 Å². The molecule has 9 heteroatoms. The minimum Gasteiger partial charge on any atom is -0.535 e. The fourth-order valence-corrected chi connectivity index (χ4v) is 4.68. The number of ketones is 1. The number of benzene rings is 1. The number of para-hydroxylation sites is 1. The van der Waals surface area contributed by atoms with Crippen LogP contribution in [0.25, 0.3) is 0 Å². The fraction of sp³-hybridized carbons (Fsp3) is 0.591. The summed E-state index contributed by atoms with van der Waals surface area (Å²) in [5, 5.41) is 30.4. The number of nitrogens with two attached hydrogens (primary N) is 1. The summed E-state index contributed by atoms with van der Waals surface area (Å²) in [6, 6.07) is 5.37. The van der Waals surface area contributed by atoms with Crippen molar-refractivity contribution in [2.45, 2.75) is 69.6 Å². The van der Waals surface area contributed by atoms with Crippen molar-refractivity contribution >= 4 is 24.7 Å². The number of carbonyl (C=O) groups is 2. The van der Waals surface area contributed by atoms with E-state index in [4.69, 9.17) is 15.8 Å². The predicted octanol–water partition coefficient (Wildman–Crippen LogP) is 2.38. The second-order valence-electron chi connectivity index (χ2n) is 8.82. The Bertz CT molecular complexity index is 810. The number of carbonyl (C=O) groups excluding carboxylic acids is 1. The number of fused-ring (bicyclic) bond motifs is 1. The van der Waals surface area contributed by atoms with Gasteiger partial charge in [-0.15, -0.1) is 0 Å². The molecule has 31 heavy (non-hydrogen) atoms. The molecule has 1 aromatic carbocycles. The molecule has 2 aliphatic rings. The van der Waals surface area contributed by atoms with Crippen LogP contribution in [0, 0.1) is 11.3 Å². The molecule has 1 aromatic rings. The molecule has 0 unspecified atom stereocenters. The van der Waals surface area contributed by atoms with Gasteiger partial charge in [0.25, 0.3) is 0 Å². The molecule has 1 fully saturated rings. The van der Waals surface area contributed by atoms with Gasteiger partial charge in [-0.2, -0.15) is 0 Å². The summed E-state index contributed by atoms with van der Waals surface area (Å²) in [5.41, 5.74) is 6.13. The Balaban J connectivity index is 1.43. The average molecular weight is 429 g/mol. The summed E-state index contributed by atoms with van der Waals surface area (Å²) in [7, 11) is -1.17. The van der Waals surface area contributed by atoms with Crippen molar-refractivity contribution in [1.82, 2.24) is 5.32 Å². The number of amidine groups is 1. The Morgan fingerprint density at radius 2 is 1.97 bits per heavy atom. The molecular formula is C22H32BN3O5. The fourth-order valence-electron chi connectivity index (χ4n) is 4.68. The van der Waals surface area contributed by atoms with Gasteiger partial charge >= 0.3 is 13.1 Å². The number of carboxylic acid groups (broad SMARTS) is 1. The lowest BCUT2D eigenvalue weighted by atomic mass is 9.64. The summed E-state index contributed by atoms with van der Waals surface area (Å²) < 4.78 is 5.50. The van der Waals surface area contributed by atoms with Crippen molar-refractivity contribution in [2.75, 3.05) is 6.54 Å². The average Bonchev–Trinajstić information content (AvgIpc) is 2.72. The van der Waals surface area contributed by atoms with Crippen LogP contribution in [0.4, 0.5) is 0 Å². The second-order valence-corrected chi connectivity index (χ2v) is 8.82. The molecule has 6 N–H and O–H groups in total. The smallest absolute Gasteiger partial charge is 0.526 e. The van der Waals surface area contributed by atoms with Crippen molar-refractivity contribution in [3.05, 3.63) is 29.3 Å². The van der Waals surface area contributed by atoms with E-state index in [-0.39, 0.29) is 35.2 Å². The molecule has 0 bridgehead atoms. The summed E-state index contributed by atoms with van der Waals surface area (Å²) in [5.74, 6) is -0.520. The van der Waals surface area contributed by atoms with Crippen LogP contribution in [-0.2, 0) is 11.2 Å². The van der Waals surface area contributed by atoms with E-state index in [0.717, 1.165) is 44.2 Å². The Labute approximate surface area is 183 Å². The van der Waals surface area contributed by atoms with Gasteiger partial charge in [0.15, 0.2) is 0 Å². The molecule has 0 amide bonds. The highest BCUT2D eigenvalue weighted by molar-refractivity contribution is 6.47. The maximum Gasteiger partial charge on any atom is 0.526 e. The third kappa shape index (κ3) is 6.55. The van der Waals surface area contributed by atoms with Crippen LogP contribution in [0.15, 0.2) is 18.2 Å². The lowest BCUT2D eigenvalue weighted by Gasteiger charge is -2.30. The quantitative estimate of drug-likeness (QED) is 0.166. The van der Waals surface area contributed by atoms with Gasteiger partial charge in [-0.3, -0.25) is 10.2 Å². The minimum absolute atomic E-state index is 0.0352. The van der Waals surface area contributed by atoms with E-state index in [2.05, 4.69) is 5.32 Å². The van der Waals surface area contributed by atoms with Crippen LogP contribution < -0.4 is 15.7 Å². The van der Waals surface area contributed by atoms with E-state index in [1.54, 1.807) is 12.1 Å². The van der Waals surface area contributed by atoms with Crippen molar-refractivity contribution in [3.63, 3.8) is 0 Å². The number of nitrogens with one attached hydrogen (secondary N) is 2. The molecule has 1 atom stereocenters. The molecule has 0 saturated heterocycles. The zero-order chi connectivity index (χ0) is 22.4. The van der Waals surface area contributed by atoms with Gasteiger partial charge in [-0.1, -0.05) is 12.1 Å². The van der Waals surface area contributed by atoms with Gasteiger partial charge in [0.2, 0.25) is 0 Å². The minimum atomic E-state index is -1.17. The first kappa shape index (κ1) is 23.3. The molecular weight excluding hydrogens is 397 g/mol. The molecule has 0 aromatic heterocycles. The van der Waals surface area contributed by atoms with Gasteiger partial charge in [-0.25, -0.2) is 4.79 Å². The van der Waals surface area contributed by atoms with Crippen LogP contribution in [0.3, 0.4) is 0 Å². The van der Waals surface area contributed by atoms with Crippen LogP contribution in [-0.4, -0.2) is 47.4 Å². The highest BCUT2D eigenvalue weighted by Crippen LogP contribution is 2.37. The zero-order valence-electron chi connectivity index (χ0n) is 17.8. The van der Waals surface area contributed by atoms with Gasteiger partial charge in [0, 0.05) is 31.1 Å². The van der Waals surface area contributed by atoms with Crippen molar-refractivity contribution < 1.29 is 24.4 Å². The molecule has 168 valence electrons. The van der Waals surface area contributed by atoms with Crippen LogP contribution in [0.5, 0.6) is 5.75 Å². The SMILES string of the molecule is N=C(N)CCCNC1CCC(CC(=O)C[C@H]2Cc3cccc(C(=O)O)c3OB2O)CC1. The third-order valence-electron chi connectivity index (χ3n) is 6.36. The van der Waals surface area contributed by atoms with Crippen molar-refractivity contribution in [1.29, 1.82) is 5.41 Å². The van der Waals surface area contributed by atoms with Gasteiger partial charge < -0.3 is 25.8 Å². The van der Waals surface area contributed by atoms with E-state index >= 15 is 0 Å². The lowest BCUT2D eigenvalue weighted by Crippen LogP contribution is -2.36. The molecule has 1 heterocycles. The van der Waals surface area contributed by atoms with Gasteiger partial charge in [-0.05, 0) is 62.6 Å². The number of Topliss-reactive ketones (excluding diaryl/α,β-unsaturated/α-hetero) is 1. The molecule has 1 saturated carbocycles. The first-order valence-corrected chi connectivity index (χ1v) is 11.1. The predicted molar refractivity (Wildman–Crippen MR) is 119 cm³/mol. The Kier molecular flexibility index (Phi) is 8.09. The number of aromatic carboxylic acids is 1. The van der Waals surface area contributed by atoms with Crippen LogP contribution in [0.1, 0.15) is 67.3 Å².